The van der Waals surface area contributed by atoms with Crippen molar-refractivity contribution in [2.45, 2.75) is 26.8 Å². The molecule has 0 bridgehead atoms. The van der Waals surface area contributed by atoms with E-state index in [1.165, 1.54) is 0 Å². The number of hydrogen-bond acceptors (Lipinski definition) is 3. The van der Waals surface area contributed by atoms with E-state index in [0.717, 1.165) is 5.69 Å². The molecule has 1 rings (SSSR count). The van der Waals surface area contributed by atoms with E-state index in [9.17, 15) is 4.79 Å². The Labute approximate surface area is 77.5 Å². The lowest BCUT2D eigenvalue weighted by Crippen LogP contribution is -2.32. The molecule has 4 heteroatoms. The molecule has 0 saturated carbocycles. The van der Waals surface area contributed by atoms with E-state index < -0.39 is 0 Å². The van der Waals surface area contributed by atoms with Crippen molar-refractivity contribution in [1.29, 1.82) is 0 Å². The second-order valence-electron chi connectivity index (χ2n) is 3.34. The summed E-state index contributed by atoms with van der Waals surface area (Å²) >= 11 is 0. The van der Waals surface area contributed by atoms with Crippen LogP contribution in [0.25, 0.3) is 0 Å². The maximum absolute atomic E-state index is 11.6. The zero-order valence-corrected chi connectivity index (χ0v) is 8.37. The van der Waals surface area contributed by atoms with Crippen molar-refractivity contribution < 1.29 is 9.32 Å². The van der Waals surface area contributed by atoms with E-state index in [1.54, 1.807) is 24.9 Å². The van der Waals surface area contributed by atoms with Crippen molar-refractivity contribution >= 4 is 5.91 Å². The molecule has 0 aliphatic rings. The number of aromatic nitrogens is 1. The maximum atomic E-state index is 11.6. The summed E-state index contributed by atoms with van der Waals surface area (Å²) in [5.74, 6) is 0.171. The van der Waals surface area contributed by atoms with Gasteiger partial charge in [-0.15, -0.1) is 0 Å². The average Bonchev–Trinajstić information content (AvgIpc) is 2.49. The van der Waals surface area contributed by atoms with Crippen molar-refractivity contribution in [2.75, 3.05) is 7.05 Å². The van der Waals surface area contributed by atoms with Crippen LogP contribution in [0.5, 0.6) is 0 Å². The number of carbonyl (C=O) groups excluding carboxylic acids is 1. The number of carbonyl (C=O) groups is 1. The van der Waals surface area contributed by atoms with Gasteiger partial charge in [0.1, 0.15) is 0 Å². The van der Waals surface area contributed by atoms with Gasteiger partial charge in [-0.1, -0.05) is 5.16 Å². The number of aryl methyl sites for hydroxylation is 1. The summed E-state index contributed by atoms with van der Waals surface area (Å²) in [6.07, 6.45) is 0. The molecule has 4 nitrogen and oxygen atoms in total. The molecule has 0 saturated heterocycles. The fourth-order valence-corrected chi connectivity index (χ4v) is 0.873. The molecule has 1 amide bonds. The third-order valence-electron chi connectivity index (χ3n) is 1.93. The normalized spacial score (nSPS) is 10.5. The van der Waals surface area contributed by atoms with Crippen LogP contribution < -0.4 is 0 Å². The highest BCUT2D eigenvalue weighted by Gasteiger charge is 2.18. The molecule has 0 radical (unpaired) electrons. The van der Waals surface area contributed by atoms with Crippen LogP contribution in [-0.4, -0.2) is 29.1 Å². The van der Waals surface area contributed by atoms with Crippen LogP contribution >= 0.6 is 0 Å². The van der Waals surface area contributed by atoms with E-state index in [2.05, 4.69) is 5.16 Å². The number of nitrogens with zero attached hydrogens (tertiary/aromatic N) is 2. The Hall–Kier alpha value is -1.32. The lowest BCUT2D eigenvalue weighted by Gasteiger charge is -2.19. The highest BCUT2D eigenvalue weighted by molar-refractivity contribution is 5.91. The zero-order valence-electron chi connectivity index (χ0n) is 8.37. The molecule has 1 aromatic heterocycles. The van der Waals surface area contributed by atoms with Gasteiger partial charge in [0.2, 0.25) is 5.76 Å². The molecular weight excluding hydrogens is 168 g/mol. The molecule has 0 fully saturated rings. The van der Waals surface area contributed by atoms with Gasteiger partial charge in [0.15, 0.2) is 0 Å². The first-order valence-electron chi connectivity index (χ1n) is 4.23. The van der Waals surface area contributed by atoms with Crippen molar-refractivity contribution in [3.05, 3.63) is 17.5 Å². The van der Waals surface area contributed by atoms with Crippen LogP contribution in [0.1, 0.15) is 30.1 Å². The number of hydrogen-bond donors (Lipinski definition) is 0. The van der Waals surface area contributed by atoms with Gasteiger partial charge in [-0.25, -0.2) is 0 Å². The Morgan fingerprint density at radius 1 is 1.62 bits per heavy atom. The summed E-state index contributed by atoms with van der Waals surface area (Å²) in [5, 5.41) is 3.66. The molecule has 0 unspecified atom stereocenters. The molecule has 0 N–H and O–H groups in total. The lowest BCUT2D eigenvalue weighted by atomic mass is 10.3. The van der Waals surface area contributed by atoms with Gasteiger partial charge in [0, 0.05) is 19.2 Å². The summed E-state index contributed by atoms with van der Waals surface area (Å²) in [6, 6.07) is 1.80. The van der Waals surface area contributed by atoms with Crippen LogP contribution in [0.4, 0.5) is 0 Å². The molecule has 0 atom stereocenters. The van der Waals surface area contributed by atoms with E-state index in [1.807, 2.05) is 13.8 Å². The quantitative estimate of drug-likeness (QED) is 0.695. The van der Waals surface area contributed by atoms with Gasteiger partial charge in [-0.05, 0) is 20.8 Å². The summed E-state index contributed by atoms with van der Waals surface area (Å²) in [7, 11) is 1.74. The SMILES string of the molecule is Cc1cc(C(=O)N(C)C(C)C)on1. The van der Waals surface area contributed by atoms with E-state index in [4.69, 9.17) is 4.52 Å². The average molecular weight is 182 g/mol. The highest BCUT2D eigenvalue weighted by atomic mass is 16.5. The van der Waals surface area contributed by atoms with E-state index >= 15 is 0 Å². The van der Waals surface area contributed by atoms with Gasteiger partial charge >= 0.3 is 0 Å². The molecule has 0 aliphatic heterocycles. The van der Waals surface area contributed by atoms with Crippen LogP contribution in [0.3, 0.4) is 0 Å². The van der Waals surface area contributed by atoms with Gasteiger partial charge in [0.25, 0.3) is 5.91 Å². The standard InChI is InChI=1S/C9H14N2O2/c1-6(2)11(4)9(12)8-5-7(3)10-13-8/h5-6H,1-4H3. The monoisotopic (exact) mass is 182 g/mol. The van der Waals surface area contributed by atoms with Gasteiger partial charge in [-0.3, -0.25) is 4.79 Å². The largest absolute Gasteiger partial charge is 0.351 e. The van der Waals surface area contributed by atoms with Crippen molar-refractivity contribution in [1.82, 2.24) is 10.1 Å². The van der Waals surface area contributed by atoms with Crippen LogP contribution in [0.2, 0.25) is 0 Å². The lowest BCUT2D eigenvalue weighted by molar-refractivity contribution is 0.0713. The fraction of sp³-hybridized carbons (Fsp3) is 0.556. The topological polar surface area (TPSA) is 46.3 Å². The first kappa shape index (κ1) is 9.77. The Morgan fingerprint density at radius 3 is 2.62 bits per heavy atom. The maximum Gasteiger partial charge on any atom is 0.292 e. The number of rotatable bonds is 2. The second kappa shape index (κ2) is 3.60. The highest BCUT2D eigenvalue weighted by Crippen LogP contribution is 2.07. The third-order valence-corrected chi connectivity index (χ3v) is 1.93. The summed E-state index contributed by atoms with van der Waals surface area (Å²) in [6.45, 7) is 5.68. The van der Waals surface area contributed by atoms with Crippen molar-refractivity contribution in [2.24, 2.45) is 0 Å². The minimum absolute atomic E-state index is 0.129. The molecule has 1 aromatic rings. The molecule has 1 heterocycles. The predicted molar refractivity (Wildman–Crippen MR) is 48.5 cm³/mol. The molecule has 72 valence electrons. The molecule has 13 heavy (non-hydrogen) atoms. The fourth-order valence-electron chi connectivity index (χ4n) is 0.873. The van der Waals surface area contributed by atoms with Crippen molar-refractivity contribution in [3.8, 4) is 0 Å². The predicted octanol–water partition coefficient (Wildman–Crippen LogP) is 1.46. The smallest absolute Gasteiger partial charge is 0.292 e. The minimum Gasteiger partial charge on any atom is -0.351 e. The van der Waals surface area contributed by atoms with Crippen molar-refractivity contribution in [3.63, 3.8) is 0 Å². The van der Waals surface area contributed by atoms with Gasteiger partial charge in [-0.2, -0.15) is 0 Å². The van der Waals surface area contributed by atoms with Crippen LogP contribution in [0.15, 0.2) is 10.6 Å². The zero-order chi connectivity index (χ0) is 10.0. The minimum atomic E-state index is -0.129. The molecular formula is C9H14N2O2. The Bertz CT molecular complexity index is 304. The molecule has 0 aromatic carbocycles. The first-order valence-corrected chi connectivity index (χ1v) is 4.23. The summed E-state index contributed by atoms with van der Waals surface area (Å²) in [4.78, 5) is 13.2. The van der Waals surface area contributed by atoms with Gasteiger partial charge in [0.05, 0.1) is 5.69 Å². The Kier molecular flexibility index (Phi) is 2.70. The third kappa shape index (κ3) is 2.08. The van der Waals surface area contributed by atoms with Crippen LogP contribution in [-0.2, 0) is 0 Å². The summed E-state index contributed by atoms with van der Waals surface area (Å²) in [5.41, 5.74) is 0.723. The Balaban J connectivity index is 2.79. The first-order chi connectivity index (χ1) is 6.02. The Morgan fingerprint density at radius 2 is 2.23 bits per heavy atom. The summed E-state index contributed by atoms with van der Waals surface area (Å²) < 4.78 is 4.86. The van der Waals surface area contributed by atoms with Crippen LogP contribution in [0, 0.1) is 6.92 Å². The molecule has 0 spiro atoms. The number of amides is 1. The molecule has 0 aliphatic carbocycles. The van der Waals surface area contributed by atoms with E-state index in [-0.39, 0.29) is 11.9 Å². The van der Waals surface area contributed by atoms with E-state index in [0.29, 0.717) is 5.76 Å². The van der Waals surface area contributed by atoms with Gasteiger partial charge < -0.3 is 9.42 Å². The second-order valence-corrected chi connectivity index (χ2v) is 3.34.